The Morgan fingerprint density at radius 2 is 1.86 bits per heavy atom. The number of aromatic nitrogens is 3. The third kappa shape index (κ3) is 2.32. The lowest BCUT2D eigenvalue weighted by molar-refractivity contribution is -0.123. The number of anilines is 1. The van der Waals surface area contributed by atoms with Gasteiger partial charge in [-0.2, -0.15) is 4.98 Å². The van der Waals surface area contributed by atoms with Crippen LogP contribution < -0.4 is 5.32 Å². The first-order valence-corrected chi connectivity index (χ1v) is 7.34. The van der Waals surface area contributed by atoms with Gasteiger partial charge in [-0.3, -0.25) is 10.1 Å². The summed E-state index contributed by atoms with van der Waals surface area (Å²) >= 11 is 0. The quantitative estimate of drug-likeness (QED) is 0.719. The Hall–Kier alpha value is -2.43. The van der Waals surface area contributed by atoms with E-state index >= 15 is 0 Å². The Kier molecular flexibility index (Phi) is 3.16. The Morgan fingerprint density at radius 1 is 1.14 bits per heavy atom. The van der Waals surface area contributed by atoms with Gasteiger partial charge in [0, 0.05) is 21.7 Å². The van der Waals surface area contributed by atoms with Gasteiger partial charge in [-0.15, -0.1) is 0 Å². The number of aryl methyl sites for hydroxylation is 2. The van der Waals surface area contributed by atoms with E-state index in [4.69, 9.17) is 0 Å². The minimum atomic E-state index is -0.483. The van der Waals surface area contributed by atoms with Crippen molar-refractivity contribution in [2.45, 2.75) is 34.6 Å². The van der Waals surface area contributed by atoms with Crippen molar-refractivity contribution in [3.8, 4) is 0 Å². The molecule has 0 spiro atoms. The van der Waals surface area contributed by atoms with Crippen molar-refractivity contribution in [2.24, 2.45) is 5.41 Å². The van der Waals surface area contributed by atoms with E-state index in [0.29, 0.717) is 5.95 Å². The topological polar surface area (TPSA) is 70.7 Å². The highest BCUT2D eigenvalue weighted by molar-refractivity contribution is 6.09. The molecule has 0 saturated heterocycles. The zero-order chi connectivity index (χ0) is 16.1. The fourth-order valence-corrected chi connectivity index (χ4v) is 2.54. The van der Waals surface area contributed by atoms with E-state index in [1.165, 1.54) is 5.56 Å². The molecule has 3 rings (SSSR count). The number of hydrogen-bond donors (Lipinski definition) is 2. The molecule has 0 aliphatic rings. The normalized spacial score (nSPS) is 12.0. The van der Waals surface area contributed by atoms with E-state index < -0.39 is 5.41 Å². The van der Waals surface area contributed by atoms with E-state index in [1.807, 2.05) is 39.8 Å². The van der Waals surface area contributed by atoms with Gasteiger partial charge in [-0.25, -0.2) is 4.98 Å². The number of carbonyl (C=O) groups excluding carboxylic acids is 1. The maximum Gasteiger partial charge on any atom is 0.232 e. The molecule has 0 aliphatic carbocycles. The van der Waals surface area contributed by atoms with E-state index in [-0.39, 0.29) is 5.91 Å². The standard InChI is InChI=1S/C17H20N4O/c1-9-7-6-8-11-12(9)13-10(2)18-16(20-14(13)19-11)21-15(22)17(3,4)5/h6-8H,1-5H3,(H2,18,19,20,21,22). The zero-order valence-electron chi connectivity index (χ0n) is 13.5. The first-order chi connectivity index (χ1) is 10.3. The number of rotatable bonds is 1. The van der Waals surface area contributed by atoms with Crippen molar-refractivity contribution >= 4 is 33.8 Å². The van der Waals surface area contributed by atoms with Crippen LogP contribution in [0.4, 0.5) is 5.95 Å². The number of benzene rings is 1. The largest absolute Gasteiger partial charge is 0.339 e. The van der Waals surface area contributed by atoms with Gasteiger partial charge in [0.1, 0.15) is 5.65 Å². The average molecular weight is 296 g/mol. The highest BCUT2D eigenvalue weighted by Crippen LogP contribution is 2.29. The first-order valence-electron chi connectivity index (χ1n) is 7.34. The lowest BCUT2D eigenvalue weighted by Crippen LogP contribution is -2.28. The fourth-order valence-electron chi connectivity index (χ4n) is 2.54. The number of nitrogens with zero attached hydrogens (tertiary/aromatic N) is 2. The van der Waals surface area contributed by atoms with Crippen molar-refractivity contribution < 1.29 is 4.79 Å². The SMILES string of the molecule is Cc1cccc2[nH]c3nc(NC(=O)C(C)(C)C)nc(C)c3c12. The lowest BCUT2D eigenvalue weighted by atomic mass is 9.96. The molecule has 0 bridgehead atoms. The summed E-state index contributed by atoms with van der Waals surface area (Å²) in [6.45, 7) is 9.60. The molecule has 1 aromatic carbocycles. The lowest BCUT2D eigenvalue weighted by Gasteiger charge is -2.16. The third-order valence-electron chi connectivity index (χ3n) is 3.77. The van der Waals surface area contributed by atoms with Gasteiger partial charge in [0.2, 0.25) is 11.9 Å². The van der Waals surface area contributed by atoms with Gasteiger partial charge >= 0.3 is 0 Å². The Bertz CT molecular complexity index is 887. The number of fused-ring (bicyclic) bond motifs is 3. The number of carbonyl (C=O) groups is 1. The summed E-state index contributed by atoms with van der Waals surface area (Å²) < 4.78 is 0. The molecule has 0 radical (unpaired) electrons. The molecule has 2 aromatic heterocycles. The molecule has 0 atom stereocenters. The van der Waals surface area contributed by atoms with E-state index in [2.05, 4.69) is 33.3 Å². The second-order valence-electron chi connectivity index (χ2n) is 6.68. The summed E-state index contributed by atoms with van der Waals surface area (Å²) in [7, 11) is 0. The monoisotopic (exact) mass is 296 g/mol. The number of amides is 1. The summed E-state index contributed by atoms with van der Waals surface area (Å²) in [4.78, 5) is 24.3. The summed E-state index contributed by atoms with van der Waals surface area (Å²) in [6, 6.07) is 6.11. The molecular formula is C17H20N4O. The average Bonchev–Trinajstić information content (AvgIpc) is 2.77. The molecule has 5 nitrogen and oxygen atoms in total. The van der Waals surface area contributed by atoms with Crippen LogP contribution in [0.5, 0.6) is 0 Å². The molecule has 0 aliphatic heterocycles. The number of aromatic amines is 1. The molecule has 0 unspecified atom stereocenters. The van der Waals surface area contributed by atoms with Crippen LogP contribution in [0.3, 0.4) is 0 Å². The minimum Gasteiger partial charge on any atom is -0.339 e. The number of nitrogens with one attached hydrogen (secondary N) is 2. The van der Waals surface area contributed by atoms with Crippen LogP contribution >= 0.6 is 0 Å². The molecule has 0 fully saturated rings. The minimum absolute atomic E-state index is 0.0986. The molecule has 3 aromatic rings. The van der Waals surface area contributed by atoms with Crippen LogP contribution in [-0.2, 0) is 4.79 Å². The second kappa shape index (κ2) is 4.80. The van der Waals surface area contributed by atoms with Crippen molar-refractivity contribution in [1.82, 2.24) is 15.0 Å². The summed E-state index contributed by atoms with van der Waals surface area (Å²) in [5.41, 5.74) is 3.34. The maximum atomic E-state index is 12.1. The van der Waals surface area contributed by atoms with Crippen LogP contribution in [0.25, 0.3) is 21.9 Å². The highest BCUT2D eigenvalue weighted by Gasteiger charge is 2.23. The van der Waals surface area contributed by atoms with Crippen LogP contribution in [0.1, 0.15) is 32.0 Å². The second-order valence-corrected chi connectivity index (χ2v) is 6.68. The Labute approximate surface area is 129 Å². The molecule has 2 N–H and O–H groups in total. The Morgan fingerprint density at radius 3 is 2.55 bits per heavy atom. The number of hydrogen-bond acceptors (Lipinski definition) is 3. The fraction of sp³-hybridized carbons (Fsp3) is 0.353. The van der Waals surface area contributed by atoms with Crippen LogP contribution in [0, 0.1) is 19.3 Å². The number of H-pyrrole nitrogens is 1. The molecule has 5 heteroatoms. The van der Waals surface area contributed by atoms with E-state index in [9.17, 15) is 4.79 Å². The predicted octanol–water partition coefficient (Wildman–Crippen LogP) is 3.71. The van der Waals surface area contributed by atoms with Gasteiger partial charge < -0.3 is 4.98 Å². The van der Waals surface area contributed by atoms with Gasteiger partial charge in [-0.1, -0.05) is 32.9 Å². The van der Waals surface area contributed by atoms with Crippen molar-refractivity contribution in [1.29, 1.82) is 0 Å². The van der Waals surface area contributed by atoms with Crippen molar-refractivity contribution in [3.05, 3.63) is 29.5 Å². The van der Waals surface area contributed by atoms with Crippen molar-refractivity contribution in [3.63, 3.8) is 0 Å². The summed E-state index contributed by atoms with van der Waals surface area (Å²) in [5, 5.41) is 4.95. The molecule has 22 heavy (non-hydrogen) atoms. The maximum absolute atomic E-state index is 12.1. The van der Waals surface area contributed by atoms with Gasteiger partial charge in [-0.05, 0) is 25.5 Å². The molecular weight excluding hydrogens is 276 g/mol. The van der Waals surface area contributed by atoms with Crippen LogP contribution in [0.15, 0.2) is 18.2 Å². The zero-order valence-corrected chi connectivity index (χ0v) is 13.5. The van der Waals surface area contributed by atoms with Crippen LogP contribution in [-0.4, -0.2) is 20.9 Å². The van der Waals surface area contributed by atoms with Gasteiger partial charge in [0.25, 0.3) is 0 Å². The highest BCUT2D eigenvalue weighted by atomic mass is 16.2. The molecule has 1 amide bonds. The first kappa shape index (κ1) is 14.5. The van der Waals surface area contributed by atoms with Gasteiger partial charge in [0.05, 0.1) is 5.69 Å². The van der Waals surface area contributed by atoms with Crippen molar-refractivity contribution in [2.75, 3.05) is 5.32 Å². The third-order valence-corrected chi connectivity index (χ3v) is 3.77. The molecule has 2 heterocycles. The molecule has 114 valence electrons. The Balaban J connectivity index is 2.16. The van der Waals surface area contributed by atoms with Gasteiger partial charge in [0.15, 0.2) is 0 Å². The van der Waals surface area contributed by atoms with E-state index in [0.717, 1.165) is 27.6 Å². The smallest absolute Gasteiger partial charge is 0.232 e. The molecule has 0 saturated carbocycles. The van der Waals surface area contributed by atoms with Crippen LogP contribution in [0.2, 0.25) is 0 Å². The summed E-state index contributed by atoms with van der Waals surface area (Å²) in [6.07, 6.45) is 0. The summed E-state index contributed by atoms with van der Waals surface area (Å²) in [5.74, 6) is 0.243. The predicted molar refractivity (Wildman–Crippen MR) is 89.0 cm³/mol. The van der Waals surface area contributed by atoms with E-state index in [1.54, 1.807) is 0 Å².